The Morgan fingerprint density at radius 2 is 2.24 bits per heavy atom. The third-order valence-corrected chi connectivity index (χ3v) is 6.74. The smallest absolute Gasteiger partial charge is 0.00239 e. The highest BCUT2D eigenvalue weighted by Gasteiger charge is 2.65. The predicted molar refractivity (Wildman–Crippen MR) is 69.5 cm³/mol. The predicted octanol–water partition coefficient (Wildman–Crippen LogP) is 4.48. The van der Waals surface area contributed by atoms with Crippen LogP contribution in [0.4, 0.5) is 0 Å². The summed E-state index contributed by atoms with van der Waals surface area (Å²) in [6, 6.07) is 0. The summed E-state index contributed by atoms with van der Waals surface area (Å²) in [4.78, 5) is 0. The molecule has 0 amide bonds. The van der Waals surface area contributed by atoms with Gasteiger partial charge in [-0.2, -0.15) is 0 Å². The molecule has 5 aliphatic rings. The average molecular weight is 226 g/mol. The van der Waals surface area contributed by atoms with Crippen LogP contribution in [0.15, 0.2) is 22.8 Å². The van der Waals surface area contributed by atoms with Crippen LogP contribution >= 0.6 is 0 Å². The Morgan fingerprint density at radius 1 is 1.29 bits per heavy atom. The van der Waals surface area contributed by atoms with Crippen molar-refractivity contribution < 1.29 is 0 Å². The molecule has 0 aromatic carbocycles. The fourth-order valence-corrected chi connectivity index (χ4v) is 6.54. The zero-order valence-electron chi connectivity index (χ0n) is 10.8. The van der Waals surface area contributed by atoms with Gasteiger partial charge in [-0.3, -0.25) is 0 Å². The molecule has 0 heterocycles. The molecule has 0 heteroatoms. The maximum atomic E-state index is 2.65. The van der Waals surface area contributed by atoms with Gasteiger partial charge in [0.05, 0.1) is 0 Å². The highest BCUT2D eigenvalue weighted by Crippen LogP contribution is 2.75. The summed E-state index contributed by atoms with van der Waals surface area (Å²) in [5.41, 5.74) is 6.40. The number of hydrogen-bond donors (Lipinski definition) is 0. The summed E-state index contributed by atoms with van der Waals surface area (Å²) >= 11 is 0. The van der Waals surface area contributed by atoms with Gasteiger partial charge in [0.25, 0.3) is 0 Å². The third kappa shape index (κ3) is 0.882. The molecule has 2 bridgehead atoms. The normalized spacial score (nSPS) is 54.1. The van der Waals surface area contributed by atoms with Crippen LogP contribution in [-0.4, -0.2) is 0 Å². The van der Waals surface area contributed by atoms with Crippen LogP contribution in [0.2, 0.25) is 0 Å². The van der Waals surface area contributed by atoms with Crippen molar-refractivity contribution in [3.05, 3.63) is 22.8 Å². The lowest BCUT2D eigenvalue weighted by molar-refractivity contribution is -0.0188. The topological polar surface area (TPSA) is 0 Å². The minimum Gasteiger partial charge on any atom is -0.0804 e. The molecule has 17 heavy (non-hydrogen) atoms. The largest absolute Gasteiger partial charge is 0.0804 e. The Balaban J connectivity index is 1.76. The molecule has 1 spiro atoms. The second-order valence-electron chi connectivity index (χ2n) is 7.49. The van der Waals surface area contributed by atoms with Crippen molar-refractivity contribution in [2.45, 2.75) is 51.9 Å². The molecule has 0 radical (unpaired) electrons. The van der Waals surface area contributed by atoms with Gasteiger partial charge in [-0.25, -0.2) is 0 Å². The van der Waals surface area contributed by atoms with Crippen molar-refractivity contribution in [3.63, 3.8) is 0 Å². The fraction of sp³-hybridized carbons (Fsp3) is 0.765. The van der Waals surface area contributed by atoms with Gasteiger partial charge >= 0.3 is 0 Å². The van der Waals surface area contributed by atoms with Crippen LogP contribution in [0.1, 0.15) is 51.9 Å². The summed E-state index contributed by atoms with van der Waals surface area (Å²) in [5, 5.41) is 0. The molecule has 0 aliphatic heterocycles. The van der Waals surface area contributed by atoms with Gasteiger partial charge in [0.2, 0.25) is 0 Å². The molecular formula is C17H22. The van der Waals surface area contributed by atoms with E-state index in [1.807, 2.05) is 16.7 Å². The van der Waals surface area contributed by atoms with E-state index >= 15 is 0 Å². The molecule has 3 unspecified atom stereocenters. The van der Waals surface area contributed by atoms with Crippen LogP contribution in [0.25, 0.3) is 0 Å². The van der Waals surface area contributed by atoms with Gasteiger partial charge in [-0.1, -0.05) is 18.6 Å². The molecule has 2 saturated carbocycles. The third-order valence-electron chi connectivity index (χ3n) is 6.74. The summed E-state index contributed by atoms with van der Waals surface area (Å²) in [6.07, 6.45) is 13.1. The van der Waals surface area contributed by atoms with E-state index in [1.54, 1.807) is 12.8 Å². The first-order valence-corrected chi connectivity index (χ1v) is 7.73. The number of fused-ring (bicyclic) bond motifs is 2. The van der Waals surface area contributed by atoms with Crippen LogP contribution in [0, 0.1) is 29.1 Å². The van der Waals surface area contributed by atoms with E-state index in [2.05, 4.69) is 13.0 Å². The molecular weight excluding hydrogens is 204 g/mol. The van der Waals surface area contributed by atoms with Crippen LogP contribution in [0.3, 0.4) is 0 Å². The summed E-state index contributed by atoms with van der Waals surface area (Å²) < 4.78 is 0. The summed E-state index contributed by atoms with van der Waals surface area (Å²) in [6.45, 7) is 2.51. The summed E-state index contributed by atoms with van der Waals surface area (Å²) in [7, 11) is 0. The van der Waals surface area contributed by atoms with Gasteiger partial charge in [0.15, 0.2) is 0 Å². The van der Waals surface area contributed by atoms with E-state index in [-0.39, 0.29) is 0 Å². The number of hydrogen-bond acceptors (Lipinski definition) is 0. The molecule has 0 aromatic heterocycles. The average Bonchev–Trinajstić information content (AvgIpc) is 2.58. The van der Waals surface area contributed by atoms with Gasteiger partial charge in [0.1, 0.15) is 0 Å². The quantitative estimate of drug-likeness (QED) is 0.571. The molecule has 0 aromatic rings. The molecule has 2 fully saturated rings. The fourth-order valence-electron chi connectivity index (χ4n) is 6.54. The lowest BCUT2D eigenvalue weighted by Crippen LogP contribution is -2.50. The number of rotatable bonds is 0. The van der Waals surface area contributed by atoms with Crippen molar-refractivity contribution in [2.75, 3.05) is 0 Å². The van der Waals surface area contributed by atoms with Crippen molar-refractivity contribution >= 4 is 0 Å². The second kappa shape index (κ2) is 2.73. The molecule has 90 valence electrons. The van der Waals surface area contributed by atoms with Gasteiger partial charge in [-0.05, 0) is 79.8 Å². The monoisotopic (exact) mass is 226 g/mol. The number of allylic oxidation sites excluding steroid dienone is 4. The second-order valence-corrected chi connectivity index (χ2v) is 7.49. The first-order valence-electron chi connectivity index (χ1n) is 7.73. The highest BCUT2D eigenvalue weighted by atomic mass is 14.7. The first kappa shape index (κ1) is 9.42. The molecule has 0 saturated heterocycles. The van der Waals surface area contributed by atoms with E-state index in [0.29, 0.717) is 5.41 Å². The van der Waals surface area contributed by atoms with E-state index in [0.717, 1.165) is 23.7 Å². The molecule has 5 atom stereocenters. The standard InChI is InChI=1S/C17H22/c1-10-6-11-7-12-9-17-5-3-2-4-14(17)15(10)13(8-11)16(12)17/h4,10-12,16H,2-3,5-9H2,1H3/t10-,11?,12?,16?,17-/m1/s1. The van der Waals surface area contributed by atoms with E-state index in [4.69, 9.17) is 0 Å². The van der Waals surface area contributed by atoms with Crippen molar-refractivity contribution in [1.29, 1.82) is 0 Å². The van der Waals surface area contributed by atoms with E-state index < -0.39 is 0 Å². The SMILES string of the molecule is C[C@@H]1CC2CC3=C1C1=CCCC[C@@]14CC(C2)C34. The maximum Gasteiger partial charge on any atom is 0.00239 e. The summed E-state index contributed by atoms with van der Waals surface area (Å²) in [5.74, 6) is 4.07. The lowest BCUT2D eigenvalue weighted by atomic mass is 9.46. The van der Waals surface area contributed by atoms with Gasteiger partial charge < -0.3 is 0 Å². The first-order chi connectivity index (χ1) is 8.29. The van der Waals surface area contributed by atoms with Crippen LogP contribution in [-0.2, 0) is 0 Å². The highest BCUT2D eigenvalue weighted by molar-refractivity contribution is 5.56. The van der Waals surface area contributed by atoms with Crippen LogP contribution < -0.4 is 0 Å². The molecule has 5 aliphatic carbocycles. The zero-order valence-corrected chi connectivity index (χ0v) is 10.8. The minimum atomic E-state index is 0.692. The van der Waals surface area contributed by atoms with Crippen molar-refractivity contribution in [3.8, 4) is 0 Å². The molecule has 0 N–H and O–H groups in total. The Hall–Kier alpha value is -0.520. The Bertz CT molecular complexity index is 466. The molecule has 0 nitrogen and oxygen atoms in total. The molecule has 5 rings (SSSR count). The Kier molecular flexibility index (Phi) is 1.51. The Labute approximate surface area is 104 Å². The van der Waals surface area contributed by atoms with Gasteiger partial charge in [0, 0.05) is 5.41 Å². The van der Waals surface area contributed by atoms with Crippen molar-refractivity contribution in [1.82, 2.24) is 0 Å². The van der Waals surface area contributed by atoms with Crippen LogP contribution in [0.5, 0.6) is 0 Å². The maximum absolute atomic E-state index is 2.65. The van der Waals surface area contributed by atoms with E-state index in [9.17, 15) is 0 Å². The zero-order chi connectivity index (χ0) is 11.2. The van der Waals surface area contributed by atoms with Gasteiger partial charge in [-0.15, -0.1) is 0 Å². The van der Waals surface area contributed by atoms with E-state index in [1.165, 1.54) is 32.1 Å². The minimum absolute atomic E-state index is 0.692. The lowest BCUT2D eigenvalue weighted by Gasteiger charge is -2.58. The van der Waals surface area contributed by atoms with Crippen molar-refractivity contribution in [2.24, 2.45) is 29.1 Å². The Morgan fingerprint density at radius 3 is 3.18 bits per heavy atom.